The molecule has 2 aromatic rings. The van der Waals surface area contributed by atoms with E-state index in [1.807, 2.05) is 45.0 Å². The number of hydrogen-bond acceptors (Lipinski definition) is 7. The average molecular weight is 377 g/mol. The van der Waals surface area contributed by atoms with E-state index in [9.17, 15) is 4.79 Å². The Kier molecular flexibility index (Phi) is 5.36. The quantitative estimate of drug-likeness (QED) is 0.735. The van der Waals surface area contributed by atoms with Crippen molar-refractivity contribution >= 4 is 17.7 Å². The maximum atomic E-state index is 12.4. The van der Waals surface area contributed by atoms with E-state index in [2.05, 4.69) is 15.5 Å². The molecule has 0 saturated carbocycles. The van der Waals surface area contributed by atoms with E-state index < -0.39 is 0 Å². The standard InChI is InChI=1S/C17H23N5O3S/c1-17(2,3)22-16(18-19-20-22)26-11-15(23)21(4)9-12-10-24-13-7-5-6-8-14(13)25-12/h5-8,12H,9-11H2,1-4H3/t12-/m1/s1. The van der Waals surface area contributed by atoms with E-state index in [0.29, 0.717) is 24.1 Å². The topological polar surface area (TPSA) is 82.4 Å². The van der Waals surface area contributed by atoms with Crippen LogP contribution in [0.3, 0.4) is 0 Å². The van der Waals surface area contributed by atoms with E-state index in [1.165, 1.54) is 11.8 Å². The number of amides is 1. The van der Waals surface area contributed by atoms with Gasteiger partial charge in [-0.25, -0.2) is 4.68 Å². The van der Waals surface area contributed by atoms with Crippen molar-refractivity contribution in [2.45, 2.75) is 37.6 Å². The summed E-state index contributed by atoms with van der Waals surface area (Å²) in [5, 5.41) is 12.3. The van der Waals surface area contributed by atoms with Crippen molar-refractivity contribution in [2.24, 2.45) is 0 Å². The summed E-state index contributed by atoms with van der Waals surface area (Å²) >= 11 is 1.33. The molecule has 0 aliphatic carbocycles. The Balaban J connectivity index is 1.52. The van der Waals surface area contributed by atoms with E-state index in [0.717, 1.165) is 5.75 Å². The lowest BCUT2D eigenvalue weighted by atomic mass is 10.1. The van der Waals surface area contributed by atoms with Gasteiger partial charge in [-0.2, -0.15) is 0 Å². The highest BCUT2D eigenvalue weighted by Gasteiger charge is 2.25. The second-order valence-electron chi connectivity index (χ2n) is 7.10. The van der Waals surface area contributed by atoms with Crippen LogP contribution in [0.2, 0.25) is 0 Å². The van der Waals surface area contributed by atoms with Gasteiger partial charge in [0.2, 0.25) is 11.1 Å². The van der Waals surface area contributed by atoms with Crippen LogP contribution in [0.25, 0.3) is 0 Å². The Morgan fingerprint density at radius 1 is 1.35 bits per heavy atom. The molecule has 0 saturated heterocycles. The maximum absolute atomic E-state index is 12.4. The van der Waals surface area contributed by atoms with Crippen molar-refractivity contribution in [3.8, 4) is 11.5 Å². The normalized spacial score (nSPS) is 16.4. The van der Waals surface area contributed by atoms with Crippen LogP contribution < -0.4 is 9.47 Å². The SMILES string of the molecule is CN(C[C@@H]1COc2ccccc2O1)C(=O)CSc1nnnn1C(C)(C)C. The second kappa shape index (κ2) is 7.53. The van der Waals surface area contributed by atoms with E-state index in [4.69, 9.17) is 9.47 Å². The molecule has 3 rings (SSSR count). The third-order valence-electron chi connectivity index (χ3n) is 3.87. The minimum atomic E-state index is -0.235. The second-order valence-corrected chi connectivity index (χ2v) is 8.05. The maximum Gasteiger partial charge on any atom is 0.232 e. The number of tetrazole rings is 1. The van der Waals surface area contributed by atoms with Gasteiger partial charge < -0.3 is 14.4 Å². The number of carbonyl (C=O) groups excluding carboxylic acids is 1. The molecule has 0 spiro atoms. The number of ether oxygens (including phenoxy) is 2. The van der Waals surface area contributed by atoms with Crippen LogP contribution in [0.4, 0.5) is 0 Å². The van der Waals surface area contributed by atoms with Crippen LogP contribution in [-0.2, 0) is 10.3 Å². The van der Waals surface area contributed by atoms with Gasteiger partial charge in [-0.1, -0.05) is 23.9 Å². The number of likely N-dealkylation sites (N-methyl/N-ethyl adjacent to an activating group) is 1. The number of thioether (sulfide) groups is 1. The molecule has 0 unspecified atom stereocenters. The number of rotatable bonds is 5. The third-order valence-corrected chi connectivity index (χ3v) is 4.78. The fourth-order valence-corrected chi connectivity index (χ4v) is 3.49. The molecule has 0 N–H and O–H groups in total. The number of para-hydroxylation sites is 2. The van der Waals surface area contributed by atoms with E-state index in [-0.39, 0.29) is 23.3 Å². The lowest BCUT2D eigenvalue weighted by molar-refractivity contribution is -0.128. The molecule has 1 aliphatic heterocycles. The van der Waals surface area contributed by atoms with Crippen molar-refractivity contribution in [1.29, 1.82) is 0 Å². The van der Waals surface area contributed by atoms with Gasteiger partial charge in [0, 0.05) is 7.05 Å². The summed E-state index contributed by atoms with van der Waals surface area (Å²) < 4.78 is 13.3. The molecule has 0 fully saturated rings. The minimum Gasteiger partial charge on any atom is -0.486 e. The monoisotopic (exact) mass is 377 g/mol. The number of carbonyl (C=O) groups is 1. The third kappa shape index (κ3) is 4.27. The summed E-state index contributed by atoms with van der Waals surface area (Å²) in [6.45, 7) is 6.92. The molecular weight excluding hydrogens is 354 g/mol. The zero-order valence-corrected chi connectivity index (χ0v) is 16.2. The Morgan fingerprint density at radius 3 is 2.81 bits per heavy atom. The van der Waals surface area contributed by atoms with E-state index in [1.54, 1.807) is 16.6 Å². The van der Waals surface area contributed by atoms with Crippen molar-refractivity contribution in [3.63, 3.8) is 0 Å². The van der Waals surface area contributed by atoms with Crippen molar-refractivity contribution in [1.82, 2.24) is 25.1 Å². The molecule has 1 aromatic carbocycles. The lowest BCUT2D eigenvalue weighted by Crippen LogP contribution is -2.42. The highest BCUT2D eigenvalue weighted by Crippen LogP contribution is 2.31. The summed E-state index contributed by atoms with van der Waals surface area (Å²) in [6, 6.07) is 7.54. The molecule has 2 heterocycles. The molecule has 26 heavy (non-hydrogen) atoms. The van der Waals surface area contributed by atoms with Gasteiger partial charge in [0.15, 0.2) is 17.6 Å². The van der Waals surface area contributed by atoms with Crippen LogP contribution in [0.5, 0.6) is 11.5 Å². The van der Waals surface area contributed by atoms with Crippen LogP contribution in [-0.4, -0.2) is 63.1 Å². The minimum absolute atomic E-state index is 0.0130. The van der Waals surface area contributed by atoms with Crippen LogP contribution in [0.15, 0.2) is 29.4 Å². The molecule has 1 atom stereocenters. The summed E-state index contributed by atoms with van der Waals surface area (Å²) in [7, 11) is 1.76. The smallest absolute Gasteiger partial charge is 0.232 e. The summed E-state index contributed by atoms with van der Waals surface area (Å²) in [6.07, 6.45) is -0.191. The summed E-state index contributed by atoms with van der Waals surface area (Å²) in [5.41, 5.74) is -0.235. The van der Waals surface area contributed by atoms with Crippen LogP contribution >= 0.6 is 11.8 Å². The zero-order valence-electron chi connectivity index (χ0n) is 15.4. The predicted octanol–water partition coefficient (Wildman–Crippen LogP) is 1.82. The number of fused-ring (bicyclic) bond motifs is 1. The summed E-state index contributed by atoms with van der Waals surface area (Å²) in [5.74, 6) is 1.70. The predicted molar refractivity (Wildman–Crippen MR) is 97.5 cm³/mol. The first-order chi connectivity index (χ1) is 12.3. The zero-order chi connectivity index (χ0) is 18.7. The number of benzene rings is 1. The molecular formula is C17H23N5O3S. The number of hydrogen-bond donors (Lipinski definition) is 0. The lowest BCUT2D eigenvalue weighted by Gasteiger charge is -2.29. The highest BCUT2D eigenvalue weighted by molar-refractivity contribution is 7.99. The first-order valence-corrected chi connectivity index (χ1v) is 9.37. The molecule has 1 amide bonds. The Labute approximate surface area is 156 Å². The van der Waals surface area contributed by atoms with Crippen molar-refractivity contribution < 1.29 is 14.3 Å². The Hall–Kier alpha value is -2.29. The molecule has 9 heteroatoms. The van der Waals surface area contributed by atoms with Crippen LogP contribution in [0, 0.1) is 0 Å². The van der Waals surface area contributed by atoms with Crippen LogP contribution in [0.1, 0.15) is 20.8 Å². The molecule has 0 radical (unpaired) electrons. The Morgan fingerprint density at radius 2 is 2.08 bits per heavy atom. The van der Waals surface area contributed by atoms with Gasteiger partial charge in [-0.15, -0.1) is 5.10 Å². The fourth-order valence-electron chi connectivity index (χ4n) is 2.49. The molecule has 0 bridgehead atoms. The number of aromatic nitrogens is 4. The molecule has 1 aromatic heterocycles. The first-order valence-electron chi connectivity index (χ1n) is 8.38. The Bertz CT molecular complexity index is 774. The van der Waals surface area contributed by atoms with Gasteiger partial charge in [0.25, 0.3) is 0 Å². The van der Waals surface area contributed by atoms with Gasteiger partial charge in [-0.05, 0) is 43.3 Å². The van der Waals surface area contributed by atoms with Gasteiger partial charge >= 0.3 is 0 Å². The average Bonchev–Trinajstić information content (AvgIpc) is 3.08. The largest absolute Gasteiger partial charge is 0.486 e. The van der Waals surface area contributed by atoms with E-state index >= 15 is 0 Å². The van der Waals surface area contributed by atoms with Gasteiger partial charge in [-0.3, -0.25) is 4.79 Å². The molecule has 1 aliphatic rings. The molecule has 8 nitrogen and oxygen atoms in total. The van der Waals surface area contributed by atoms with Gasteiger partial charge in [0.05, 0.1) is 17.8 Å². The highest BCUT2D eigenvalue weighted by atomic mass is 32.2. The molecule has 140 valence electrons. The first kappa shape index (κ1) is 18.5. The fraction of sp³-hybridized carbons (Fsp3) is 0.529. The van der Waals surface area contributed by atoms with Crippen molar-refractivity contribution in [3.05, 3.63) is 24.3 Å². The number of nitrogens with zero attached hydrogens (tertiary/aromatic N) is 5. The van der Waals surface area contributed by atoms with Crippen molar-refractivity contribution in [2.75, 3.05) is 26.0 Å². The van der Waals surface area contributed by atoms with Gasteiger partial charge in [0.1, 0.15) is 6.61 Å². The summed E-state index contributed by atoms with van der Waals surface area (Å²) in [4.78, 5) is 14.1.